The molecule has 0 aliphatic rings. The first-order valence-corrected chi connectivity index (χ1v) is 8.46. The molecule has 1 atom stereocenters. The number of nitrogens with one attached hydrogen (secondary N) is 2. The predicted molar refractivity (Wildman–Crippen MR) is 86.1 cm³/mol. The fourth-order valence-electron chi connectivity index (χ4n) is 2.17. The quantitative estimate of drug-likeness (QED) is 0.707. The van der Waals surface area contributed by atoms with Crippen LogP contribution >= 0.6 is 22.7 Å². The summed E-state index contributed by atoms with van der Waals surface area (Å²) in [6, 6.07) is 6.83. The molecule has 20 heavy (non-hydrogen) atoms. The van der Waals surface area contributed by atoms with Crippen molar-refractivity contribution < 1.29 is 0 Å². The van der Waals surface area contributed by atoms with Crippen LogP contribution in [0.3, 0.4) is 0 Å². The summed E-state index contributed by atoms with van der Waals surface area (Å²) in [4.78, 5) is 10.2. The highest BCUT2D eigenvalue weighted by atomic mass is 32.1. The highest BCUT2D eigenvalue weighted by molar-refractivity contribution is 7.14. The van der Waals surface area contributed by atoms with Crippen molar-refractivity contribution in [3.63, 3.8) is 0 Å². The fraction of sp³-hybridized carbons (Fsp3) is 0.267. The lowest BCUT2D eigenvalue weighted by Crippen LogP contribution is -2.20. The van der Waals surface area contributed by atoms with Crippen molar-refractivity contribution >= 4 is 22.7 Å². The van der Waals surface area contributed by atoms with Crippen LogP contribution in [0.5, 0.6) is 0 Å². The monoisotopic (exact) mass is 303 g/mol. The van der Waals surface area contributed by atoms with E-state index >= 15 is 0 Å². The SMILES string of the molecule is CCC(NCc1cc(-c2cccs2)cs1)c1ncc[nH]1. The molecule has 0 aromatic carbocycles. The molecule has 2 N–H and O–H groups in total. The largest absolute Gasteiger partial charge is 0.347 e. The second kappa shape index (κ2) is 6.35. The zero-order valence-corrected chi connectivity index (χ0v) is 12.9. The molecule has 0 fully saturated rings. The molecule has 1 unspecified atom stereocenters. The van der Waals surface area contributed by atoms with E-state index in [-0.39, 0.29) is 6.04 Å². The van der Waals surface area contributed by atoms with Crippen LogP contribution in [0.15, 0.2) is 41.4 Å². The van der Waals surface area contributed by atoms with Crippen molar-refractivity contribution in [1.82, 2.24) is 15.3 Å². The number of hydrogen-bond donors (Lipinski definition) is 2. The van der Waals surface area contributed by atoms with Gasteiger partial charge in [0.1, 0.15) is 5.82 Å². The number of thiophene rings is 2. The average Bonchev–Trinajstić information content (AvgIpc) is 3.22. The topological polar surface area (TPSA) is 40.7 Å². The average molecular weight is 303 g/mol. The fourth-order valence-corrected chi connectivity index (χ4v) is 3.80. The molecule has 0 bridgehead atoms. The summed E-state index contributed by atoms with van der Waals surface area (Å²) in [5.74, 6) is 1.02. The maximum Gasteiger partial charge on any atom is 0.123 e. The highest BCUT2D eigenvalue weighted by Gasteiger charge is 2.11. The molecular weight excluding hydrogens is 286 g/mol. The molecule has 0 aliphatic carbocycles. The van der Waals surface area contributed by atoms with Crippen LogP contribution in [0.2, 0.25) is 0 Å². The molecule has 0 saturated carbocycles. The standard InChI is InChI=1S/C15H17N3S2/c1-2-13(15-16-5-6-17-15)18-9-12-8-11(10-20-12)14-4-3-7-19-14/h3-8,10,13,18H,2,9H2,1H3,(H,16,17). The van der Waals surface area contributed by atoms with E-state index < -0.39 is 0 Å². The maximum atomic E-state index is 4.33. The predicted octanol–water partition coefficient (Wildman–Crippen LogP) is 4.44. The van der Waals surface area contributed by atoms with Crippen LogP contribution in [0, 0.1) is 0 Å². The van der Waals surface area contributed by atoms with Crippen molar-refractivity contribution in [3.05, 3.63) is 52.1 Å². The van der Waals surface area contributed by atoms with Gasteiger partial charge in [-0.05, 0) is 29.3 Å². The van der Waals surface area contributed by atoms with Crippen LogP contribution in [0.1, 0.15) is 30.1 Å². The number of imidazole rings is 1. The Kier molecular flexibility index (Phi) is 4.30. The zero-order valence-electron chi connectivity index (χ0n) is 11.3. The molecule has 5 heteroatoms. The van der Waals surface area contributed by atoms with E-state index in [1.165, 1.54) is 15.3 Å². The lowest BCUT2D eigenvalue weighted by molar-refractivity contribution is 0.500. The number of aromatic amines is 1. The van der Waals surface area contributed by atoms with Crippen LogP contribution in [0.4, 0.5) is 0 Å². The van der Waals surface area contributed by atoms with Gasteiger partial charge in [-0.3, -0.25) is 0 Å². The van der Waals surface area contributed by atoms with Gasteiger partial charge in [-0.1, -0.05) is 13.0 Å². The van der Waals surface area contributed by atoms with Gasteiger partial charge in [0.15, 0.2) is 0 Å². The van der Waals surface area contributed by atoms with Gasteiger partial charge in [0, 0.05) is 34.3 Å². The summed E-state index contributed by atoms with van der Waals surface area (Å²) in [7, 11) is 0. The molecule has 0 saturated heterocycles. The van der Waals surface area contributed by atoms with Crippen molar-refractivity contribution in [2.45, 2.75) is 25.9 Å². The number of nitrogens with zero attached hydrogens (tertiary/aromatic N) is 1. The second-order valence-corrected chi connectivity index (χ2v) is 6.54. The van der Waals surface area contributed by atoms with Gasteiger partial charge >= 0.3 is 0 Å². The molecule has 104 valence electrons. The van der Waals surface area contributed by atoms with Crippen LogP contribution in [0.25, 0.3) is 10.4 Å². The Balaban J connectivity index is 1.64. The van der Waals surface area contributed by atoms with E-state index in [9.17, 15) is 0 Å². The third-order valence-electron chi connectivity index (χ3n) is 3.24. The Morgan fingerprint density at radius 1 is 1.40 bits per heavy atom. The van der Waals surface area contributed by atoms with Crippen LogP contribution in [-0.4, -0.2) is 9.97 Å². The third kappa shape index (κ3) is 3.00. The summed E-state index contributed by atoms with van der Waals surface area (Å²) in [5.41, 5.74) is 1.33. The molecule has 3 nitrogen and oxygen atoms in total. The number of H-pyrrole nitrogens is 1. The van der Waals surface area contributed by atoms with Gasteiger partial charge in [0.25, 0.3) is 0 Å². The van der Waals surface area contributed by atoms with Crippen LogP contribution < -0.4 is 5.32 Å². The molecule has 0 amide bonds. The second-order valence-electron chi connectivity index (χ2n) is 4.60. The Morgan fingerprint density at radius 2 is 2.35 bits per heavy atom. The number of rotatable bonds is 6. The first-order valence-electron chi connectivity index (χ1n) is 6.70. The van der Waals surface area contributed by atoms with E-state index in [4.69, 9.17) is 0 Å². The third-order valence-corrected chi connectivity index (χ3v) is 5.10. The van der Waals surface area contributed by atoms with Crippen molar-refractivity contribution in [2.75, 3.05) is 0 Å². The Labute approximate surface area is 126 Å². The molecule has 3 heterocycles. The number of aromatic nitrogens is 2. The molecule has 0 aliphatic heterocycles. The van der Waals surface area contributed by atoms with E-state index in [0.717, 1.165) is 18.8 Å². The van der Waals surface area contributed by atoms with E-state index in [1.54, 1.807) is 17.5 Å². The first kappa shape index (κ1) is 13.5. The molecule has 3 aromatic rings. The van der Waals surface area contributed by atoms with Gasteiger partial charge < -0.3 is 10.3 Å². The Morgan fingerprint density at radius 3 is 3.05 bits per heavy atom. The van der Waals surface area contributed by atoms with E-state index in [2.05, 4.69) is 51.2 Å². The lowest BCUT2D eigenvalue weighted by Gasteiger charge is -2.13. The van der Waals surface area contributed by atoms with Crippen molar-refractivity contribution in [1.29, 1.82) is 0 Å². The molecule has 3 rings (SSSR count). The molecule has 0 spiro atoms. The zero-order chi connectivity index (χ0) is 13.8. The lowest BCUT2D eigenvalue weighted by atomic mass is 10.2. The summed E-state index contributed by atoms with van der Waals surface area (Å²) < 4.78 is 0. The van der Waals surface area contributed by atoms with E-state index in [0.29, 0.717) is 0 Å². The summed E-state index contributed by atoms with van der Waals surface area (Å²) in [6.45, 7) is 3.06. The Hall–Kier alpha value is -1.43. The summed E-state index contributed by atoms with van der Waals surface area (Å²) in [6.07, 6.45) is 4.70. The maximum absolute atomic E-state index is 4.33. The molecule has 0 radical (unpaired) electrons. The minimum absolute atomic E-state index is 0.289. The smallest absolute Gasteiger partial charge is 0.123 e. The summed E-state index contributed by atoms with van der Waals surface area (Å²) in [5, 5.41) is 7.92. The highest BCUT2D eigenvalue weighted by Crippen LogP contribution is 2.29. The Bertz CT molecular complexity index is 626. The van der Waals surface area contributed by atoms with E-state index in [1.807, 2.05) is 17.5 Å². The van der Waals surface area contributed by atoms with Crippen molar-refractivity contribution in [3.8, 4) is 10.4 Å². The minimum Gasteiger partial charge on any atom is -0.347 e. The minimum atomic E-state index is 0.289. The first-order chi connectivity index (χ1) is 9.86. The van der Waals surface area contributed by atoms with Crippen molar-refractivity contribution in [2.24, 2.45) is 0 Å². The van der Waals surface area contributed by atoms with Gasteiger partial charge in [-0.25, -0.2) is 4.98 Å². The molecule has 3 aromatic heterocycles. The molecular formula is C15H17N3S2. The summed E-state index contributed by atoms with van der Waals surface area (Å²) >= 11 is 3.60. The normalized spacial score (nSPS) is 12.7. The van der Waals surface area contributed by atoms with Gasteiger partial charge in [-0.15, -0.1) is 22.7 Å². The number of hydrogen-bond acceptors (Lipinski definition) is 4. The van der Waals surface area contributed by atoms with Gasteiger partial charge in [0.2, 0.25) is 0 Å². The van der Waals surface area contributed by atoms with Gasteiger partial charge in [-0.2, -0.15) is 0 Å². The van der Waals surface area contributed by atoms with Gasteiger partial charge in [0.05, 0.1) is 6.04 Å². The van der Waals surface area contributed by atoms with Crippen LogP contribution in [-0.2, 0) is 6.54 Å².